The third-order valence-electron chi connectivity index (χ3n) is 2.57. The van der Waals surface area contributed by atoms with Gasteiger partial charge >= 0.3 is 0 Å². The van der Waals surface area contributed by atoms with Gasteiger partial charge in [-0.1, -0.05) is 0 Å². The van der Waals surface area contributed by atoms with Crippen molar-refractivity contribution in [3.63, 3.8) is 0 Å². The molecule has 2 heterocycles. The standard InChI is InChI=1S/C13H16N4O/c1-10-7-11(9-14-8-10)13(18)17-4-2-3-12-15-5-6-16-12/h5-9H,2-4H2,1H3,(H,15,16)(H,17,18). The lowest BCUT2D eigenvalue weighted by Crippen LogP contribution is -2.25. The van der Waals surface area contributed by atoms with E-state index in [4.69, 9.17) is 0 Å². The summed E-state index contributed by atoms with van der Waals surface area (Å²) in [5.74, 6) is 0.868. The van der Waals surface area contributed by atoms with Gasteiger partial charge < -0.3 is 10.3 Å². The van der Waals surface area contributed by atoms with Crippen molar-refractivity contribution in [1.82, 2.24) is 20.3 Å². The Morgan fingerprint density at radius 1 is 1.44 bits per heavy atom. The number of carbonyl (C=O) groups excluding carboxylic acids is 1. The monoisotopic (exact) mass is 244 g/mol. The first kappa shape index (κ1) is 12.3. The van der Waals surface area contributed by atoms with Crippen LogP contribution in [0.15, 0.2) is 30.9 Å². The normalized spacial score (nSPS) is 10.3. The van der Waals surface area contributed by atoms with Gasteiger partial charge in [0, 0.05) is 37.8 Å². The Labute approximate surface area is 106 Å². The predicted octanol–water partition coefficient (Wildman–Crippen LogP) is 1.48. The van der Waals surface area contributed by atoms with Crippen LogP contribution in [0.5, 0.6) is 0 Å². The minimum absolute atomic E-state index is 0.0781. The Kier molecular flexibility index (Phi) is 4.06. The van der Waals surface area contributed by atoms with Crippen molar-refractivity contribution in [3.05, 3.63) is 47.8 Å². The minimum Gasteiger partial charge on any atom is -0.352 e. The zero-order chi connectivity index (χ0) is 12.8. The maximum Gasteiger partial charge on any atom is 0.252 e. The molecular formula is C13H16N4O. The molecule has 0 aromatic carbocycles. The van der Waals surface area contributed by atoms with Crippen molar-refractivity contribution in [2.45, 2.75) is 19.8 Å². The molecule has 94 valence electrons. The third kappa shape index (κ3) is 3.41. The quantitative estimate of drug-likeness (QED) is 0.782. The molecule has 2 rings (SSSR count). The van der Waals surface area contributed by atoms with E-state index in [-0.39, 0.29) is 5.91 Å². The van der Waals surface area contributed by atoms with Crippen LogP contribution in [0.1, 0.15) is 28.2 Å². The zero-order valence-electron chi connectivity index (χ0n) is 10.3. The van der Waals surface area contributed by atoms with Crippen molar-refractivity contribution >= 4 is 5.91 Å². The molecule has 0 aliphatic carbocycles. The average Bonchev–Trinajstić information content (AvgIpc) is 2.87. The van der Waals surface area contributed by atoms with Gasteiger partial charge in [-0.15, -0.1) is 0 Å². The van der Waals surface area contributed by atoms with Crippen molar-refractivity contribution < 1.29 is 4.79 Å². The van der Waals surface area contributed by atoms with Crippen molar-refractivity contribution in [2.75, 3.05) is 6.54 Å². The SMILES string of the molecule is Cc1cncc(C(=O)NCCCc2ncc[nH]2)c1. The predicted molar refractivity (Wildman–Crippen MR) is 68.2 cm³/mol. The average molecular weight is 244 g/mol. The van der Waals surface area contributed by atoms with Crippen LogP contribution in [0.25, 0.3) is 0 Å². The number of imidazole rings is 1. The Morgan fingerprint density at radius 2 is 2.33 bits per heavy atom. The number of aromatic amines is 1. The zero-order valence-corrected chi connectivity index (χ0v) is 10.3. The Morgan fingerprint density at radius 3 is 3.06 bits per heavy atom. The molecule has 0 saturated heterocycles. The molecule has 0 aliphatic rings. The summed E-state index contributed by atoms with van der Waals surface area (Å²) in [7, 11) is 0. The van der Waals surface area contributed by atoms with Crippen LogP contribution in [0.4, 0.5) is 0 Å². The smallest absolute Gasteiger partial charge is 0.252 e. The fourth-order valence-corrected chi connectivity index (χ4v) is 1.67. The van der Waals surface area contributed by atoms with E-state index in [1.54, 1.807) is 24.8 Å². The van der Waals surface area contributed by atoms with Gasteiger partial charge in [-0.2, -0.15) is 0 Å². The summed E-state index contributed by atoms with van der Waals surface area (Å²) < 4.78 is 0. The van der Waals surface area contributed by atoms with Crippen LogP contribution in [0, 0.1) is 6.92 Å². The first-order chi connectivity index (χ1) is 8.75. The third-order valence-corrected chi connectivity index (χ3v) is 2.57. The second kappa shape index (κ2) is 5.95. The summed E-state index contributed by atoms with van der Waals surface area (Å²) >= 11 is 0. The fraction of sp³-hybridized carbons (Fsp3) is 0.308. The largest absolute Gasteiger partial charge is 0.352 e. The number of carbonyl (C=O) groups is 1. The lowest BCUT2D eigenvalue weighted by atomic mass is 10.2. The summed E-state index contributed by atoms with van der Waals surface area (Å²) in [5, 5.41) is 2.87. The van der Waals surface area contributed by atoms with Gasteiger partial charge in [0.25, 0.3) is 5.91 Å². The summed E-state index contributed by atoms with van der Waals surface area (Å²) in [6.45, 7) is 2.55. The van der Waals surface area contributed by atoms with E-state index >= 15 is 0 Å². The van der Waals surface area contributed by atoms with Crippen LogP contribution in [-0.4, -0.2) is 27.4 Å². The summed E-state index contributed by atoms with van der Waals surface area (Å²) in [5.41, 5.74) is 1.59. The molecule has 0 saturated carbocycles. The maximum atomic E-state index is 11.8. The number of hydrogen-bond acceptors (Lipinski definition) is 3. The van der Waals surface area contributed by atoms with E-state index in [0.717, 1.165) is 24.2 Å². The molecule has 0 radical (unpaired) electrons. The molecule has 0 aliphatic heterocycles. The number of nitrogens with zero attached hydrogens (tertiary/aromatic N) is 2. The van der Waals surface area contributed by atoms with E-state index in [0.29, 0.717) is 12.1 Å². The minimum atomic E-state index is -0.0781. The summed E-state index contributed by atoms with van der Waals surface area (Å²) in [6, 6.07) is 1.83. The summed E-state index contributed by atoms with van der Waals surface area (Å²) in [6.07, 6.45) is 8.53. The molecule has 18 heavy (non-hydrogen) atoms. The number of H-pyrrole nitrogens is 1. The Balaban J connectivity index is 1.75. The molecule has 0 bridgehead atoms. The molecule has 5 nitrogen and oxygen atoms in total. The number of amides is 1. The molecule has 2 aromatic rings. The van der Waals surface area contributed by atoms with E-state index < -0.39 is 0 Å². The molecule has 5 heteroatoms. The molecule has 1 amide bonds. The van der Waals surface area contributed by atoms with E-state index in [9.17, 15) is 4.79 Å². The topological polar surface area (TPSA) is 70.7 Å². The first-order valence-corrected chi connectivity index (χ1v) is 5.94. The summed E-state index contributed by atoms with van der Waals surface area (Å²) in [4.78, 5) is 22.9. The molecule has 0 unspecified atom stereocenters. The second-order valence-electron chi connectivity index (χ2n) is 4.15. The lowest BCUT2D eigenvalue weighted by molar-refractivity contribution is 0.0952. The van der Waals surface area contributed by atoms with Crippen LogP contribution >= 0.6 is 0 Å². The van der Waals surface area contributed by atoms with Crippen molar-refractivity contribution in [1.29, 1.82) is 0 Å². The van der Waals surface area contributed by atoms with Crippen LogP contribution in [0.3, 0.4) is 0 Å². The number of pyridine rings is 1. The highest BCUT2D eigenvalue weighted by Gasteiger charge is 2.05. The van der Waals surface area contributed by atoms with Gasteiger partial charge in [0.2, 0.25) is 0 Å². The number of hydrogen-bond donors (Lipinski definition) is 2. The molecule has 0 spiro atoms. The highest BCUT2D eigenvalue weighted by molar-refractivity contribution is 5.93. The van der Waals surface area contributed by atoms with E-state index in [1.165, 1.54) is 0 Å². The van der Waals surface area contributed by atoms with Gasteiger partial charge in [-0.05, 0) is 25.0 Å². The first-order valence-electron chi connectivity index (χ1n) is 5.94. The van der Waals surface area contributed by atoms with E-state index in [1.807, 2.05) is 13.0 Å². The molecular weight excluding hydrogens is 228 g/mol. The van der Waals surface area contributed by atoms with Gasteiger partial charge in [0.1, 0.15) is 5.82 Å². The Bertz CT molecular complexity index is 507. The van der Waals surface area contributed by atoms with Gasteiger partial charge in [-0.25, -0.2) is 4.98 Å². The molecule has 2 aromatic heterocycles. The van der Waals surface area contributed by atoms with Crippen molar-refractivity contribution in [3.8, 4) is 0 Å². The van der Waals surface area contributed by atoms with Gasteiger partial charge in [-0.3, -0.25) is 9.78 Å². The highest BCUT2D eigenvalue weighted by Crippen LogP contribution is 2.01. The van der Waals surface area contributed by atoms with Gasteiger partial charge in [0.15, 0.2) is 0 Å². The number of rotatable bonds is 5. The number of aryl methyl sites for hydroxylation is 2. The van der Waals surface area contributed by atoms with Gasteiger partial charge in [0.05, 0.1) is 5.56 Å². The van der Waals surface area contributed by atoms with E-state index in [2.05, 4.69) is 20.3 Å². The molecule has 2 N–H and O–H groups in total. The molecule has 0 atom stereocenters. The fourth-order valence-electron chi connectivity index (χ4n) is 1.67. The van der Waals surface area contributed by atoms with Crippen LogP contribution < -0.4 is 5.32 Å². The second-order valence-corrected chi connectivity index (χ2v) is 4.15. The number of nitrogens with one attached hydrogen (secondary N) is 2. The maximum absolute atomic E-state index is 11.8. The Hall–Kier alpha value is -2.17. The highest BCUT2D eigenvalue weighted by atomic mass is 16.1. The van der Waals surface area contributed by atoms with Crippen molar-refractivity contribution in [2.24, 2.45) is 0 Å². The van der Waals surface area contributed by atoms with Crippen LogP contribution in [0.2, 0.25) is 0 Å². The van der Waals surface area contributed by atoms with Crippen LogP contribution in [-0.2, 0) is 6.42 Å². The molecule has 0 fully saturated rings. The number of aromatic nitrogens is 3. The lowest BCUT2D eigenvalue weighted by Gasteiger charge is -2.04.